The molecule has 32 heavy (non-hydrogen) atoms. The lowest BCUT2D eigenvalue weighted by atomic mass is 9.87. The number of amides is 1. The van der Waals surface area contributed by atoms with Gasteiger partial charge in [-0.3, -0.25) is 4.79 Å². The molecule has 1 saturated heterocycles. The van der Waals surface area contributed by atoms with Crippen molar-refractivity contribution in [2.24, 2.45) is 0 Å². The van der Waals surface area contributed by atoms with E-state index < -0.39 is 0 Å². The fraction of sp³-hybridized carbons (Fsp3) is 0.423. The normalized spacial score (nSPS) is 16.8. The molecule has 1 amide bonds. The lowest BCUT2D eigenvalue weighted by molar-refractivity contribution is -0.132. The molecule has 0 unspecified atom stereocenters. The van der Waals surface area contributed by atoms with Crippen LogP contribution in [0, 0.1) is 0 Å². The number of rotatable bonds is 9. The summed E-state index contributed by atoms with van der Waals surface area (Å²) < 4.78 is 10.9. The average molecular weight is 434 g/mol. The Kier molecular flexibility index (Phi) is 7.20. The molecule has 1 aliphatic rings. The maximum Gasteiger partial charge on any atom is 0.227 e. The molecular weight excluding hydrogens is 402 g/mol. The molecule has 0 saturated carbocycles. The first-order valence-corrected chi connectivity index (χ1v) is 11.6. The van der Waals surface area contributed by atoms with Crippen LogP contribution in [0.3, 0.4) is 0 Å². The standard InChI is InChI=1S/C26H31N3O3/c1-3-22(19-9-6-5-7-10-19)23-11-8-18-29(23)25(30)17-16-24-27-26(28-32-24)20-12-14-21(15-13-20)31-4-2/h5-7,9-10,12-15,22-23H,3-4,8,11,16-18H2,1-2H3/t22-,23-/m0/s1. The molecule has 0 N–H and O–H groups in total. The lowest BCUT2D eigenvalue weighted by Gasteiger charge is -2.31. The quantitative estimate of drug-likeness (QED) is 0.461. The van der Waals surface area contributed by atoms with Gasteiger partial charge in [-0.25, -0.2) is 0 Å². The van der Waals surface area contributed by atoms with E-state index in [9.17, 15) is 4.79 Å². The first-order chi connectivity index (χ1) is 15.7. The summed E-state index contributed by atoms with van der Waals surface area (Å²) in [5.74, 6) is 2.38. The fourth-order valence-corrected chi connectivity index (χ4v) is 4.65. The van der Waals surface area contributed by atoms with Crippen molar-refractivity contribution in [3.63, 3.8) is 0 Å². The molecule has 1 fully saturated rings. The maximum absolute atomic E-state index is 13.1. The van der Waals surface area contributed by atoms with Crippen LogP contribution in [0.1, 0.15) is 56.9 Å². The first kappa shape index (κ1) is 22.1. The highest BCUT2D eigenvalue weighted by molar-refractivity contribution is 5.77. The van der Waals surface area contributed by atoms with Gasteiger partial charge in [-0.05, 0) is 56.0 Å². The van der Waals surface area contributed by atoms with Crippen molar-refractivity contribution in [3.05, 3.63) is 66.1 Å². The Labute approximate surface area is 189 Å². The van der Waals surface area contributed by atoms with Crippen molar-refractivity contribution in [1.29, 1.82) is 0 Å². The second-order valence-corrected chi connectivity index (χ2v) is 8.19. The van der Waals surface area contributed by atoms with Gasteiger partial charge >= 0.3 is 0 Å². The van der Waals surface area contributed by atoms with E-state index in [0.29, 0.717) is 37.1 Å². The van der Waals surface area contributed by atoms with Gasteiger partial charge in [0.25, 0.3) is 0 Å². The third-order valence-corrected chi connectivity index (χ3v) is 6.20. The van der Waals surface area contributed by atoms with Gasteiger partial charge < -0.3 is 14.2 Å². The SMILES string of the molecule is CCOc1ccc(-c2noc(CCC(=O)N3CCC[C@H]3[C@@H](CC)c3ccccc3)n2)cc1. The van der Waals surface area contributed by atoms with Crippen molar-refractivity contribution < 1.29 is 14.1 Å². The van der Waals surface area contributed by atoms with Crippen molar-refractivity contribution in [3.8, 4) is 17.1 Å². The number of likely N-dealkylation sites (tertiary alicyclic amines) is 1. The van der Waals surface area contributed by atoms with Crippen LogP contribution in [-0.4, -0.2) is 40.1 Å². The zero-order valence-corrected chi connectivity index (χ0v) is 18.9. The summed E-state index contributed by atoms with van der Waals surface area (Å²) >= 11 is 0. The number of carbonyl (C=O) groups is 1. The number of carbonyl (C=O) groups excluding carboxylic acids is 1. The fourth-order valence-electron chi connectivity index (χ4n) is 4.65. The molecule has 2 aromatic carbocycles. The Morgan fingerprint density at radius 2 is 1.94 bits per heavy atom. The maximum atomic E-state index is 13.1. The molecule has 0 bridgehead atoms. The van der Waals surface area contributed by atoms with Gasteiger partial charge in [-0.15, -0.1) is 0 Å². The molecule has 2 atom stereocenters. The van der Waals surface area contributed by atoms with Crippen molar-refractivity contribution in [2.75, 3.05) is 13.2 Å². The average Bonchev–Trinajstić information content (AvgIpc) is 3.50. The minimum absolute atomic E-state index is 0.169. The Morgan fingerprint density at radius 1 is 1.16 bits per heavy atom. The van der Waals surface area contributed by atoms with E-state index in [2.05, 4.69) is 46.2 Å². The molecule has 3 aromatic rings. The number of benzene rings is 2. The number of ether oxygens (including phenoxy) is 1. The molecule has 0 aliphatic carbocycles. The van der Waals surface area contributed by atoms with Gasteiger partial charge in [0.05, 0.1) is 6.61 Å². The van der Waals surface area contributed by atoms with Crippen molar-refractivity contribution in [1.82, 2.24) is 15.0 Å². The Hall–Kier alpha value is -3.15. The molecular formula is C26H31N3O3. The van der Waals surface area contributed by atoms with Gasteiger partial charge in [0.1, 0.15) is 5.75 Å². The summed E-state index contributed by atoms with van der Waals surface area (Å²) in [5, 5.41) is 4.08. The van der Waals surface area contributed by atoms with E-state index in [4.69, 9.17) is 9.26 Å². The van der Waals surface area contributed by atoms with Gasteiger partial charge in [0, 0.05) is 36.9 Å². The summed E-state index contributed by atoms with van der Waals surface area (Å²) in [6, 6.07) is 18.4. The van der Waals surface area contributed by atoms with Crippen LogP contribution < -0.4 is 4.74 Å². The zero-order valence-electron chi connectivity index (χ0n) is 18.9. The van der Waals surface area contributed by atoms with Crippen LogP contribution in [0.5, 0.6) is 5.75 Å². The largest absolute Gasteiger partial charge is 0.494 e. The number of aryl methyl sites for hydroxylation is 1. The Bertz CT molecular complexity index is 1000. The zero-order chi connectivity index (χ0) is 22.3. The van der Waals surface area contributed by atoms with E-state index in [1.165, 1.54) is 5.56 Å². The minimum atomic E-state index is 0.169. The molecule has 1 aromatic heterocycles. The molecule has 6 heteroatoms. The topological polar surface area (TPSA) is 68.5 Å². The van der Waals surface area contributed by atoms with Gasteiger partial charge in [0.15, 0.2) is 0 Å². The summed E-state index contributed by atoms with van der Waals surface area (Å²) in [4.78, 5) is 19.6. The monoisotopic (exact) mass is 433 g/mol. The van der Waals surface area contributed by atoms with E-state index in [0.717, 1.165) is 37.1 Å². The highest BCUT2D eigenvalue weighted by atomic mass is 16.5. The third-order valence-electron chi connectivity index (χ3n) is 6.20. The number of hydrogen-bond donors (Lipinski definition) is 0. The van der Waals surface area contributed by atoms with Crippen LogP contribution in [-0.2, 0) is 11.2 Å². The van der Waals surface area contributed by atoms with Gasteiger partial charge in [-0.1, -0.05) is 42.4 Å². The predicted octanol–water partition coefficient (Wildman–Crippen LogP) is 5.25. The molecule has 1 aliphatic heterocycles. The minimum Gasteiger partial charge on any atom is -0.494 e. The summed E-state index contributed by atoms with van der Waals surface area (Å²) in [7, 11) is 0. The Morgan fingerprint density at radius 3 is 2.66 bits per heavy atom. The van der Waals surface area contributed by atoms with Gasteiger partial charge in [-0.2, -0.15) is 4.98 Å². The summed E-state index contributed by atoms with van der Waals surface area (Å²) in [5.41, 5.74) is 2.18. The van der Waals surface area contributed by atoms with Crippen LogP contribution in [0.25, 0.3) is 11.4 Å². The van der Waals surface area contributed by atoms with Crippen LogP contribution in [0.2, 0.25) is 0 Å². The third kappa shape index (κ3) is 5.01. The predicted molar refractivity (Wildman–Crippen MR) is 123 cm³/mol. The van der Waals surface area contributed by atoms with Crippen molar-refractivity contribution >= 4 is 5.91 Å². The lowest BCUT2D eigenvalue weighted by Crippen LogP contribution is -2.39. The first-order valence-electron chi connectivity index (χ1n) is 11.6. The van der Waals surface area contributed by atoms with E-state index in [1.807, 2.05) is 37.3 Å². The molecule has 4 rings (SSSR count). The molecule has 6 nitrogen and oxygen atoms in total. The number of aromatic nitrogens is 2. The van der Waals surface area contributed by atoms with E-state index in [-0.39, 0.29) is 11.9 Å². The van der Waals surface area contributed by atoms with Crippen molar-refractivity contribution in [2.45, 2.75) is 57.9 Å². The Balaban J connectivity index is 1.37. The van der Waals surface area contributed by atoms with Crippen LogP contribution in [0.15, 0.2) is 59.1 Å². The molecule has 168 valence electrons. The summed E-state index contributed by atoms with van der Waals surface area (Å²) in [6.45, 7) is 5.62. The van der Waals surface area contributed by atoms with Crippen LogP contribution in [0.4, 0.5) is 0 Å². The highest BCUT2D eigenvalue weighted by Crippen LogP contribution is 2.34. The number of nitrogens with zero attached hydrogens (tertiary/aromatic N) is 3. The number of hydrogen-bond acceptors (Lipinski definition) is 5. The molecule has 0 spiro atoms. The van der Waals surface area contributed by atoms with Gasteiger partial charge in [0.2, 0.25) is 17.6 Å². The van der Waals surface area contributed by atoms with E-state index in [1.54, 1.807) is 0 Å². The second-order valence-electron chi connectivity index (χ2n) is 8.19. The molecule has 0 radical (unpaired) electrons. The smallest absolute Gasteiger partial charge is 0.227 e. The summed E-state index contributed by atoms with van der Waals surface area (Å²) in [6.07, 6.45) is 3.97. The molecule has 2 heterocycles. The van der Waals surface area contributed by atoms with Crippen LogP contribution >= 0.6 is 0 Å². The highest BCUT2D eigenvalue weighted by Gasteiger charge is 2.34. The van der Waals surface area contributed by atoms with E-state index >= 15 is 0 Å². The second kappa shape index (κ2) is 10.4.